The number of carbonyl (C=O) groups is 2. The summed E-state index contributed by atoms with van der Waals surface area (Å²) in [6, 6.07) is 0. The fourth-order valence-corrected chi connectivity index (χ4v) is 10.1. The molecule has 86 heavy (non-hydrogen) atoms. The summed E-state index contributed by atoms with van der Waals surface area (Å²) in [5.41, 5.74) is 0. The van der Waals surface area contributed by atoms with Crippen molar-refractivity contribution in [1.29, 1.82) is 0 Å². The maximum Gasteiger partial charge on any atom is 0.472 e. The minimum absolute atomic E-state index is 0.0235. The molecule has 0 heterocycles. The molecule has 9 nitrogen and oxygen atoms in total. The Labute approximate surface area is 530 Å². The van der Waals surface area contributed by atoms with Crippen LogP contribution < -0.4 is 0 Å². The second kappa shape index (κ2) is 65.6. The molecule has 0 spiro atoms. The van der Waals surface area contributed by atoms with E-state index in [2.05, 4.69) is 148 Å². The van der Waals surface area contributed by atoms with Crippen molar-refractivity contribution in [2.75, 3.05) is 47.5 Å². The molecule has 0 rings (SSSR count). The van der Waals surface area contributed by atoms with Gasteiger partial charge in [0.15, 0.2) is 6.10 Å². The Morgan fingerprint density at radius 1 is 0.360 bits per heavy atom. The molecule has 10 heteroatoms. The molecule has 2 atom stereocenters. The van der Waals surface area contributed by atoms with Gasteiger partial charge in [-0.25, -0.2) is 4.57 Å². The number of carbonyl (C=O) groups excluding carboxylic acids is 2. The monoisotopic (exact) mass is 1220 g/mol. The van der Waals surface area contributed by atoms with E-state index in [9.17, 15) is 19.0 Å². The van der Waals surface area contributed by atoms with E-state index in [-0.39, 0.29) is 32.0 Å². The van der Waals surface area contributed by atoms with Gasteiger partial charge in [0, 0.05) is 12.8 Å². The lowest BCUT2D eigenvalue weighted by atomic mass is 10.0. The number of phosphoric acid groups is 1. The predicted molar refractivity (Wildman–Crippen MR) is 371 cm³/mol. The van der Waals surface area contributed by atoms with Crippen LogP contribution in [0, 0.1) is 0 Å². The summed E-state index contributed by atoms with van der Waals surface area (Å²) in [6.45, 7) is 4.20. The molecule has 0 bridgehead atoms. The number of allylic oxidation sites excluding steroid dienone is 22. The van der Waals surface area contributed by atoms with Gasteiger partial charge in [-0.3, -0.25) is 18.6 Å². The Hall–Kier alpha value is -3.85. The first-order chi connectivity index (χ1) is 42.0. The summed E-state index contributed by atoms with van der Waals surface area (Å²) in [7, 11) is 1.46. The zero-order valence-electron chi connectivity index (χ0n) is 56.0. The molecule has 0 fully saturated rings. The van der Waals surface area contributed by atoms with Gasteiger partial charge < -0.3 is 18.9 Å². The third-order valence-corrected chi connectivity index (χ3v) is 15.7. The highest BCUT2D eigenvalue weighted by atomic mass is 31.2. The Morgan fingerprint density at radius 3 is 0.930 bits per heavy atom. The van der Waals surface area contributed by atoms with Crippen molar-refractivity contribution in [2.45, 2.75) is 290 Å². The van der Waals surface area contributed by atoms with Crippen LogP contribution in [0.15, 0.2) is 134 Å². The van der Waals surface area contributed by atoms with Gasteiger partial charge in [0.25, 0.3) is 0 Å². The SMILES string of the molecule is CC/C=C\C/C=C\C/C=C\C/C=C\C/C=C\C/C=C\CCCCCCCCC(=O)OC(COC(=O)CCCCCCCCCCCCCCCCCCCCCCC/C=C\C/C=C\C/C=C\C/C=C\C/C=C\CC)COP(=O)(O)OCC[N+](C)(C)C. The Bertz CT molecular complexity index is 1910. The van der Waals surface area contributed by atoms with Crippen molar-refractivity contribution in [3.8, 4) is 0 Å². The van der Waals surface area contributed by atoms with Crippen LogP contribution in [0.4, 0.5) is 0 Å². The third-order valence-electron chi connectivity index (χ3n) is 14.7. The van der Waals surface area contributed by atoms with Crippen molar-refractivity contribution in [3.05, 3.63) is 134 Å². The first-order valence-electron chi connectivity index (χ1n) is 34.9. The second-order valence-electron chi connectivity index (χ2n) is 24.2. The van der Waals surface area contributed by atoms with Gasteiger partial charge in [-0.15, -0.1) is 0 Å². The van der Waals surface area contributed by atoms with Crippen molar-refractivity contribution in [2.24, 2.45) is 0 Å². The molecule has 0 aromatic heterocycles. The zero-order valence-corrected chi connectivity index (χ0v) is 56.9. The lowest BCUT2D eigenvalue weighted by molar-refractivity contribution is -0.870. The molecule has 2 unspecified atom stereocenters. The molecule has 0 amide bonds. The largest absolute Gasteiger partial charge is 0.472 e. The lowest BCUT2D eigenvalue weighted by Gasteiger charge is -2.24. The third kappa shape index (κ3) is 69.3. The molecule has 0 aromatic carbocycles. The summed E-state index contributed by atoms with van der Waals surface area (Å²) in [6.07, 6.45) is 95.6. The van der Waals surface area contributed by atoms with E-state index in [1.54, 1.807) is 0 Å². The molecule has 0 aliphatic rings. The molecular weight excluding hydrogens is 1090 g/mol. The molecule has 1 N–H and O–H groups in total. The highest BCUT2D eigenvalue weighted by molar-refractivity contribution is 7.47. The molecule has 0 radical (unpaired) electrons. The maximum atomic E-state index is 12.9. The highest BCUT2D eigenvalue weighted by Crippen LogP contribution is 2.43. The number of quaternary nitrogens is 1. The zero-order chi connectivity index (χ0) is 62.6. The Balaban J connectivity index is 4.04. The van der Waals surface area contributed by atoms with Crippen molar-refractivity contribution >= 4 is 19.8 Å². The highest BCUT2D eigenvalue weighted by Gasteiger charge is 2.27. The molecule has 0 aliphatic carbocycles. The van der Waals surface area contributed by atoms with Crippen molar-refractivity contribution in [3.63, 3.8) is 0 Å². The van der Waals surface area contributed by atoms with Crippen LogP contribution in [0.5, 0.6) is 0 Å². The van der Waals surface area contributed by atoms with Gasteiger partial charge >= 0.3 is 19.8 Å². The van der Waals surface area contributed by atoms with Gasteiger partial charge in [-0.05, 0) is 109 Å². The number of unbranched alkanes of at least 4 members (excludes halogenated alkanes) is 27. The van der Waals surface area contributed by atoms with E-state index >= 15 is 0 Å². The second-order valence-corrected chi connectivity index (χ2v) is 25.6. The summed E-state index contributed by atoms with van der Waals surface area (Å²) in [5.74, 6) is -0.813. The van der Waals surface area contributed by atoms with Crippen LogP contribution in [-0.2, 0) is 32.7 Å². The number of esters is 2. The molecule has 492 valence electrons. The molecule has 0 saturated carbocycles. The standard InChI is InChI=1S/C76H130NO8P/c1-6-8-10-12-14-16-18-20-22-24-26-28-30-32-33-34-35-36-37-38-39-40-41-42-43-45-46-48-50-52-54-56-58-60-62-64-66-68-75(78)82-72-74(73-84-86(80,81)83-71-70-77(3,4)5)85-76(79)69-67-65-63-61-59-57-55-53-51-49-47-44-31-29-27-25-23-21-19-17-15-13-11-9-7-2/h8-11,14-17,20-23,26-29,32-33,44,47,51,53,74H,6-7,12-13,18-19,24-25,30-31,34-43,45-46,48-50,52,54-73H2,1-5H3/p+1/b10-8-,11-9-,16-14-,17-15-,22-20-,23-21-,28-26-,29-27-,33-32-,47-44-,53-51-. The number of rotatable bonds is 63. The quantitative estimate of drug-likeness (QED) is 0.0211. The van der Waals surface area contributed by atoms with E-state index in [4.69, 9.17) is 18.5 Å². The number of phosphoric ester groups is 1. The molecular formula is C76H131NO8P+. The fourth-order valence-electron chi connectivity index (χ4n) is 9.40. The van der Waals surface area contributed by atoms with Crippen LogP contribution in [0.2, 0.25) is 0 Å². The number of hydrogen-bond acceptors (Lipinski definition) is 7. The number of hydrogen-bond donors (Lipinski definition) is 1. The van der Waals surface area contributed by atoms with Gasteiger partial charge in [-0.2, -0.15) is 0 Å². The normalized spacial score (nSPS) is 14.0. The maximum absolute atomic E-state index is 12.9. The minimum Gasteiger partial charge on any atom is -0.462 e. The summed E-state index contributed by atoms with van der Waals surface area (Å²) >= 11 is 0. The average molecular weight is 1220 g/mol. The summed E-state index contributed by atoms with van der Waals surface area (Å²) in [4.78, 5) is 35.9. The van der Waals surface area contributed by atoms with Gasteiger partial charge in [-0.1, -0.05) is 295 Å². The van der Waals surface area contributed by atoms with Crippen LogP contribution in [0.3, 0.4) is 0 Å². The minimum atomic E-state index is -4.40. The first kappa shape index (κ1) is 82.1. The van der Waals surface area contributed by atoms with Gasteiger partial charge in [0.05, 0.1) is 27.7 Å². The first-order valence-corrected chi connectivity index (χ1v) is 36.4. The van der Waals surface area contributed by atoms with Crippen LogP contribution in [-0.4, -0.2) is 74.9 Å². The number of nitrogens with zero attached hydrogens (tertiary/aromatic N) is 1. The molecule has 0 aromatic rings. The van der Waals surface area contributed by atoms with Crippen LogP contribution >= 0.6 is 7.82 Å². The van der Waals surface area contributed by atoms with E-state index < -0.39 is 26.5 Å². The van der Waals surface area contributed by atoms with Crippen LogP contribution in [0.25, 0.3) is 0 Å². The van der Waals surface area contributed by atoms with Gasteiger partial charge in [0.1, 0.15) is 19.8 Å². The molecule has 0 saturated heterocycles. The van der Waals surface area contributed by atoms with Crippen molar-refractivity contribution < 1.29 is 42.1 Å². The fraction of sp³-hybridized carbons (Fsp3) is 0.684. The van der Waals surface area contributed by atoms with E-state index in [0.717, 1.165) is 128 Å². The van der Waals surface area contributed by atoms with E-state index in [0.29, 0.717) is 17.4 Å². The van der Waals surface area contributed by atoms with Crippen LogP contribution in [0.1, 0.15) is 284 Å². The van der Waals surface area contributed by atoms with Crippen molar-refractivity contribution in [1.82, 2.24) is 0 Å². The molecule has 0 aliphatic heterocycles. The number of ether oxygens (including phenoxy) is 2. The van der Waals surface area contributed by atoms with E-state index in [1.807, 2.05) is 21.1 Å². The summed E-state index contributed by atoms with van der Waals surface area (Å²) < 4.78 is 34.7. The van der Waals surface area contributed by atoms with E-state index in [1.165, 1.54) is 122 Å². The smallest absolute Gasteiger partial charge is 0.462 e. The predicted octanol–water partition coefficient (Wildman–Crippen LogP) is 22.8. The Morgan fingerprint density at radius 2 is 0.628 bits per heavy atom. The Kier molecular flexibility index (Phi) is 62.7. The topological polar surface area (TPSA) is 108 Å². The van der Waals surface area contributed by atoms with Gasteiger partial charge in [0.2, 0.25) is 0 Å². The summed E-state index contributed by atoms with van der Waals surface area (Å²) in [5, 5.41) is 0. The lowest BCUT2D eigenvalue weighted by Crippen LogP contribution is -2.37. The number of likely N-dealkylation sites (N-methyl/N-ethyl adjacent to an activating group) is 1. The average Bonchev–Trinajstić information content (AvgIpc) is 3.70.